The predicted molar refractivity (Wildman–Crippen MR) is 287 cm³/mol. The summed E-state index contributed by atoms with van der Waals surface area (Å²) in [6.07, 6.45) is 7.62. The first-order valence-electron chi connectivity index (χ1n) is 26.4. The van der Waals surface area contributed by atoms with Crippen molar-refractivity contribution in [1.82, 2.24) is 34.3 Å². The van der Waals surface area contributed by atoms with Crippen molar-refractivity contribution in [3.05, 3.63) is 99.6 Å². The van der Waals surface area contributed by atoms with E-state index in [0.29, 0.717) is 48.6 Å². The third kappa shape index (κ3) is 13.4. The third-order valence-electron chi connectivity index (χ3n) is 14.4. The van der Waals surface area contributed by atoms with Gasteiger partial charge >= 0.3 is 23.5 Å². The van der Waals surface area contributed by atoms with Crippen LogP contribution in [-0.2, 0) is 49.2 Å². The number of nitrogens with zero attached hydrogens (tertiary/aromatic N) is 7. The second-order valence-corrected chi connectivity index (χ2v) is 24.1. The largest absolute Gasteiger partial charge is 0.490 e. The van der Waals surface area contributed by atoms with Crippen LogP contribution in [0.5, 0.6) is 11.5 Å². The van der Waals surface area contributed by atoms with E-state index >= 15 is 0 Å². The number of unbranched alkanes of at least 4 members (excludes halogenated alkanes) is 3. The molecule has 0 spiro atoms. The number of rotatable bonds is 24. The Hall–Kier alpha value is -5.45. The number of aryl methyl sites for hydroxylation is 2. The maximum absolute atomic E-state index is 14.5. The number of phosphoric acid groups is 3. The van der Waals surface area contributed by atoms with E-state index in [1.54, 1.807) is 11.9 Å². The molecule has 2 aromatic heterocycles. The van der Waals surface area contributed by atoms with Gasteiger partial charge in [-0.25, -0.2) is 33.2 Å². The number of hydrogen-bond donors (Lipinski definition) is 7. The van der Waals surface area contributed by atoms with Gasteiger partial charge in [-0.3, -0.25) is 18.7 Å². The molecule has 27 heteroatoms. The Bertz CT molecular complexity index is 3340. The number of aromatic nitrogens is 4. The zero-order valence-electron chi connectivity index (χ0n) is 43.7. The normalized spacial score (nSPS) is 19.5. The highest BCUT2D eigenvalue weighted by molar-refractivity contribution is 7.66. The Morgan fingerprint density at radius 3 is 2.45 bits per heavy atom. The minimum absolute atomic E-state index is 0.0278. The quantitative estimate of drug-likeness (QED) is 0.0237. The van der Waals surface area contributed by atoms with Crippen LogP contribution >= 0.6 is 23.5 Å². The van der Waals surface area contributed by atoms with Crippen LogP contribution in [0.2, 0.25) is 0 Å². The number of nitrogens with one attached hydrogen (secondary N) is 2. The average molecular weight is 1140 g/mol. The van der Waals surface area contributed by atoms with Gasteiger partial charge in [-0.15, -0.1) is 0 Å². The van der Waals surface area contributed by atoms with E-state index in [-0.39, 0.29) is 24.7 Å². The number of phosphoric ester groups is 1. The van der Waals surface area contributed by atoms with Gasteiger partial charge in [0.25, 0.3) is 5.91 Å². The SMILES string of the molecule is CCN1CCCc2cc3c(cc21)Oc1cc2c(cc1=C3c1ccccc1C(=O)N(C)CCCC(=O)NCCCCCCNc1ncnc3c1ncn3[C@H]1C[C@H](O)[C@@H](COP(=O)(O)OP(=O)(O)OP(=O)(O)O)O1)CCC[N+]=2CC. The fourth-order valence-electron chi connectivity index (χ4n) is 10.6. The molecular formula is C51H67N9O15P3+. The van der Waals surface area contributed by atoms with Gasteiger partial charge in [0, 0.05) is 98.3 Å². The molecule has 0 saturated carbocycles. The molecule has 2 amide bonds. The third-order valence-corrected chi connectivity index (χ3v) is 18.2. The number of hydrogen-bond acceptors (Lipinski definition) is 16. The molecule has 24 nitrogen and oxygen atoms in total. The lowest BCUT2D eigenvalue weighted by atomic mass is 9.86. The van der Waals surface area contributed by atoms with Crippen LogP contribution in [0, 0.1) is 0 Å². The molecule has 2 unspecified atom stereocenters. The highest BCUT2D eigenvalue weighted by atomic mass is 31.3. The molecule has 0 bridgehead atoms. The number of carbonyl (C=O) groups is 2. The number of ether oxygens (including phenoxy) is 2. The van der Waals surface area contributed by atoms with E-state index < -0.39 is 48.5 Å². The Labute approximate surface area is 450 Å². The Morgan fingerprint density at radius 2 is 1.67 bits per heavy atom. The summed E-state index contributed by atoms with van der Waals surface area (Å²) in [7, 11) is -14.9. The van der Waals surface area contributed by atoms with Crippen molar-refractivity contribution in [2.75, 3.05) is 69.7 Å². The summed E-state index contributed by atoms with van der Waals surface area (Å²) >= 11 is 0. The summed E-state index contributed by atoms with van der Waals surface area (Å²) < 4.78 is 63.4. The van der Waals surface area contributed by atoms with Crippen LogP contribution in [0.3, 0.4) is 0 Å². The molecule has 4 aliphatic rings. The fourth-order valence-corrected chi connectivity index (χ4v) is 13.7. The molecule has 1 saturated heterocycles. The Morgan fingerprint density at radius 1 is 0.885 bits per heavy atom. The number of anilines is 2. The first-order chi connectivity index (χ1) is 37.3. The van der Waals surface area contributed by atoms with Crippen molar-refractivity contribution in [2.24, 2.45) is 0 Å². The van der Waals surface area contributed by atoms with Gasteiger partial charge in [-0.2, -0.15) is 8.62 Å². The van der Waals surface area contributed by atoms with E-state index in [9.17, 15) is 38.2 Å². The second kappa shape index (κ2) is 24.5. The zero-order chi connectivity index (χ0) is 55.4. The number of benzene rings is 3. The van der Waals surface area contributed by atoms with Crippen molar-refractivity contribution in [1.29, 1.82) is 0 Å². The van der Waals surface area contributed by atoms with Gasteiger partial charge in [-0.05, 0) is 81.7 Å². The first-order valence-corrected chi connectivity index (χ1v) is 30.9. The molecule has 78 heavy (non-hydrogen) atoms. The van der Waals surface area contributed by atoms with Crippen LogP contribution in [0.15, 0.2) is 61.2 Å². The van der Waals surface area contributed by atoms with Crippen molar-refractivity contribution < 1.29 is 70.6 Å². The van der Waals surface area contributed by atoms with Crippen molar-refractivity contribution in [3.8, 4) is 11.5 Å². The van der Waals surface area contributed by atoms with E-state index in [0.717, 1.165) is 111 Å². The number of fused-ring (bicyclic) bond motifs is 5. The second-order valence-electron chi connectivity index (χ2n) is 19.7. The van der Waals surface area contributed by atoms with Crippen LogP contribution in [0.4, 0.5) is 11.5 Å². The molecular weight excluding hydrogens is 1070 g/mol. The first kappa shape index (κ1) is 57.2. The molecule has 0 aliphatic carbocycles. The molecule has 5 atom stereocenters. The monoisotopic (exact) mass is 1140 g/mol. The van der Waals surface area contributed by atoms with Gasteiger partial charge in [0.1, 0.15) is 43.2 Å². The lowest BCUT2D eigenvalue weighted by Gasteiger charge is -2.33. The maximum atomic E-state index is 14.5. The van der Waals surface area contributed by atoms with Crippen LogP contribution in [-0.4, -0.2) is 133 Å². The number of imidazole rings is 1. The average Bonchev–Trinajstić information content (AvgIpc) is 4.16. The zero-order valence-corrected chi connectivity index (χ0v) is 46.4. The van der Waals surface area contributed by atoms with Gasteiger partial charge in [0.15, 0.2) is 17.0 Å². The minimum atomic E-state index is -5.71. The molecule has 3 aromatic carbocycles. The molecule has 4 aliphatic heterocycles. The van der Waals surface area contributed by atoms with E-state index in [2.05, 4.69) is 92.4 Å². The summed E-state index contributed by atoms with van der Waals surface area (Å²) in [6, 6.07) is 16.8. The summed E-state index contributed by atoms with van der Waals surface area (Å²) in [5.41, 5.74) is 8.04. The lowest BCUT2D eigenvalue weighted by molar-refractivity contribution is -0.121. The van der Waals surface area contributed by atoms with Crippen LogP contribution < -0.4 is 35.4 Å². The number of amides is 2. The highest BCUT2D eigenvalue weighted by Gasteiger charge is 2.43. The number of carbonyl (C=O) groups excluding carboxylic acids is 2. The summed E-state index contributed by atoms with van der Waals surface area (Å²) in [6.45, 7) is 8.90. The lowest BCUT2D eigenvalue weighted by Crippen LogP contribution is -2.39. The Kier molecular flexibility index (Phi) is 18.0. The molecule has 7 N–H and O–H groups in total. The molecule has 1 fully saturated rings. The van der Waals surface area contributed by atoms with E-state index in [4.69, 9.17) is 19.3 Å². The Balaban J connectivity index is 0.731. The van der Waals surface area contributed by atoms with E-state index in [1.807, 2.05) is 18.2 Å². The van der Waals surface area contributed by atoms with Gasteiger partial charge in [0.2, 0.25) is 11.3 Å². The van der Waals surface area contributed by atoms with Gasteiger partial charge < -0.3 is 54.6 Å². The van der Waals surface area contributed by atoms with Gasteiger partial charge in [0.05, 0.1) is 25.1 Å². The number of aliphatic hydroxyl groups is 1. The molecule has 6 heterocycles. The predicted octanol–water partition coefficient (Wildman–Crippen LogP) is 5.04. The van der Waals surface area contributed by atoms with Crippen molar-refractivity contribution in [2.45, 2.75) is 103 Å². The summed E-state index contributed by atoms with van der Waals surface area (Å²) in [5.74, 6) is 1.88. The number of aliphatic hydroxyl groups excluding tert-OH is 1. The minimum Gasteiger partial charge on any atom is -0.456 e. The standard InChI is InChI=1S/C51H66N9O15P3/c1-4-58-23-12-15-33-25-37-42(27-39(33)58)72-43-28-40-34(16-13-24-59(40)5-2)26-38(43)47(37)35-17-8-9-18-36(35)51(63)57(3)22-14-19-45(62)52-20-10-6-7-11-21-53-49-48-50(55-31-54-49)60(32-56-48)46-29-41(61)44(73-46)30-71-77(67,68)75-78(69,70)74-76(64,65)66/h8-9,17-18,25-28,31-32,41,44,46,61H,4-7,10-16,19-24,29-30H2,1-3H3,(H5-,52,53,54,55,62,64,65,66,67,68,69,70)/p+1/t41-,44+,46+/m0/s1. The molecule has 420 valence electrons. The molecule has 5 aromatic rings. The molecule has 9 rings (SSSR count). The maximum Gasteiger partial charge on any atom is 0.490 e. The van der Waals surface area contributed by atoms with E-state index in [1.165, 1.54) is 39.4 Å². The summed E-state index contributed by atoms with van der Waals surface area (Å²) in [4.78, 5) is 81.2. The highest BCUT2D eigenvalue weighted by Crippen LogP contribution is 2.66. The molecule has 0 radical (unpaired) electrons. The van der Waals surface area contributed by atoms with Crippen molar-refractivity contribution >= 4 is 63.5 Å². The van der Waals surface area contributed by atoms with Crippen molar-refractivity contribution in [3.63, 3.8) is 0 Å². The van der Waals surface area contributed by atoms with Gasteiger partial charge in [-0.1, -0.05) is 31.0 Å². The van der Waals surface area contributed by atoms with Crippen LogP contribution in [0.25, 0.3) is 16.7 Å². The smallest absolute Gasteiger partial charge is 0.456 e. The van der Waals surface area contributed by atoms with Crippen LogP contribution in [0.1, 0.15) is 110 Å². The topological polar surface area (TPSA) is 310 Å². The summed E-state index contributed by atoms with van der Waals surface area (Å²) in [5, 5.41) is 19.1. The fraction of sp³-hybridized carbons (Fsp3) is 0.490.